The average molecular weight is 310 g/mol. The molecule has 0 aliphatic heterocycles. The Morgan fingerprint density at radius 1 is 1.26 bits per heavy atom. The molecular weight excluding hydrogens is 284 g/mol. The number of hydrogen-bond acceptors (Lipinski definition) is 2. The van der Waals surface area contributed by atoms with E-state index in [0.29, 0.717) is 42.4 Å². The highest BCUT2D eigenvalue weighted by atomic mass is 16.1. The summed E-state index contributed by atoms with van der Waals surface area (Å²) in [5.74, 6) is 3.27. The predicted molar refractivity (Wildman–Crippen MR) is 89.7 cm³/mol. The van der Waals surface area contributed by atoms with Gasteiger partial charge in [-0.05, 0) is 72.3 Å². The highest BCUT2D eigenvalue weighted by molar-refractivity contribution is 6.05. The second-order valence-electron chi connectivity index (χ2n) is 8.48. The van der Waals surface area contributed by atoms with E-state index >= 15 is 0 Å². The van der Waals surface area contributed by atoms with Crippen LogP contribution in [0.3, 0.4) is 0 Å². The largest absolute Gasteiger partial charge is 0.295 e. The third-order valence-corrected chi connectivity index (χ3v) is 7.49. The molecule has 0 aromatic rings. The van der Waals surface area contributed by atoms with Gasteiger partial charge in [-0.3, -0.25) is 9.59 Å². The Balaban J connectivity index is 1.76. The number of fused-ring (bicyclic) bond motifs is 5. The summed E-state index contributed by atoms with van der Waals surface area (Å²) in [5.41, 5.74) is 5.37. The molecule has 0 aromatic heterocycles. The Morgan fingerprint density at radius 3 is 2.78 bits per heavy atom. The molecular formula is C21H26O2. The van der Waals surface area contributed by atoms with Crippen molar-refractivity contribution in [1.82, 2.24) is 0 Å². The molecule has 23 heavy (non-hydrogen) atoms. The van der Waals surface area contributed by atoms with E-state index in [0.717, 1.165) is 18.4 Å². The van der Waals surface area contributed by atoms with Crippen molar-refractivity contribution in [3.8, 4) is 0 Å². The van der Waals surface area contributed by atoms with E-state index in [2.05, 4.69) is 26.2 Å². The summed E-state index contributed by atoms with van der Waals surface area (Å²) in [7, 11) is 0. The van der Waals surface area contributed by atoms with Crippen LogP contribution in [0.4, 0.5) is 0 Å². The number of ketones is 2. The molecule has 4 aliphatic rings. The van der Waals surface area contributed by atoms with Crippen LogP contribution in [0.25, 0.3) is 0 Å². The number of carbonyl (C=O) groups excluding carboxylic acids is 2. The summed E-state index contributed by atoms with van der Waals surface area (Å²) in [5, 5.41) is 0. The van der Waals surface area contributed by atoms with Crippen molar-refractivity contribution in [1.29, 1.82) is 0 Å². The maximum absolute atomic E-state index is 12.8. The lowest BCUT2D eigenvalue weighted by atomic mass is 9.48. The number of rotatable bonds is 0. The fourth-order valence-corrected chi connectivity index (χ4v) is 6.45. The molecule has 0 aromatic carbocycles. The minimum atomic E-state index is -0.0756. The molecule has 2 nitrogen and oxygen atoms in total. The third-order valence-electron chi connectivity index (χ3n) is 7.49. The van der Waals surface area contributed by atoms with E-state index in [9.17, 15) is 9.59 Å². The molecule has 3 fully saturated rings. The first-order valence-electron chi connectivity index (χ1n) is 9.12. The van der Waals surface area contributed by atoms with Crippen molar-refractivity contribution in [2.75, 3.05) is 0 Å². The summed E-state index contributed by atoms with van der Waals surface area (Å²) < 4.78 is 0. The number of allylic oxidation sites excluding steroid dienone is 2. The standard InChI is InChI=1S/C21H26O2/c1-4-13-5-6-15-16-11-19(23)18-10-14(22)7-8-21(18,3)17(16)9-12(2)20(13)15/h10,12,15-17,20H,1,5-9,11H2,2-3H3/t12-,15?,16?,17?,20?,21-/m1/s1. The molecule has 0 amide bonds. The van der Waals surface area contributed by atoms with Gasteiger partial charge in [0.05, 0.1) is 0 Å². The maximum Gasteiger partial charge on any atom is 0.159 e. The van der Waals surface area contributed by atoms with E-state index in [1.807, 2.05) is 0 Å². The van der Waals surface area contributed by atoms with Gasteiger partial charge in [-0.15, -0.1) is 5.73 Å². The third kappa shape index (κ3) is 2.01. The van der Waals surface area contributed by atoms with Gasteiger partial charge in [-0.1, -0.05) is 20.4 Å². The van der Waals surface area contributed by atoms with Crippen LogP contribution in [-0.4, -0.2) is 11.6 Å². The zero-order chi connectivity index (χ0) is 16.4. The molecule has 2 heteroatoms. The molecule has 4 aliphatic carbocycles. The van der Waals surface area contributed by atoms with E-state index in [1.54, 1.807) is 6.08 Å². The minimum absolute atomic E-state index is 0.0756. The fourth-order valence-electron chi connectivity index (χ4n) is 6.45. The van der Waals surface area contributed by atoms with E-state index in [1.165, 1.54) is 18.4 Å². The van der Waals surface area contributed by atoms with Crippen molar-refractivity contribution in [2.24, 2.45) is 35.0 Å². The zero-order valence-corrected chi connectivity index (χ0v) is 14.2. The van der Waals surface area contributed by atoms with Crippen LogP contribution in [0, 0.1) is 35.0 Å². The van der Waals surface area contributed by atoms with Gasteiger partial charge in [-0.2, -0.15) is 0 Å². The summed E-state index contributed by atoms with van der Waals surface area (Å²) in [6, 6.07) is 0. The van der Waals surface area contributed by atoms with Gasteiger partial charge < -0.3 is 0 Å². The molecule has 4 rings (SSSR count). The first kappa shape index (κ1) is 15.1. The molecule has 0 spiro atoms. The SMILES string of the molecule is C=C=C1CCC2C3CC(=O)C4=CC(=O)CC[C@]4(C)C3C[C@@H](C)C12. The lowest BCUT2D eigenvalue weighted by molar-refractivity contribution is -0.129. The zero-order valence-electron chi connectivity index (χ0n) is 14.2. The van der Waals surface area contributed by atoms with Gasteiger partial charge in [0.2, 0.25) is 0 Å². The molecule has 0 saturated heterocycles. The van der Waals surface area contributed by atoms with Crippen LogP contribution in [0.2, 0.25) is 0 Å². The Bertz CT molecular complexity index is 663. The lowest BCUT2D eigenvalue weighted by Gasteiger charge is -2.55. The molecule has 0 bridgehead atoms. The summed E-state index contributed by atoms with van der Waals surface area (Å²) >= 11 is 0. The summed E-state index contributed by atoms with van der Waals surface area (Å²) in [6.45, 7) is 8.52. The molecule has 0 N–H and O–H groups in total. The minimum Gasteiger partial charge on any atom is -0.295 e. The van der Waals surface area contributed by atoms with Crippen molar-refractivity contribution in [2.45, 2.75) is 52.4 Å². The normalized spacial score (nSPS) is 45.7. The van der Waals surface area contributed by atoms with Crippen molar-refractivity contribution < 1.29 is 9.59 Å². The van der Waals surface area contributed by atoms with Crippen molar-refractivity contribution in [3.63, 3.8) is 0 Å². The van der Waals surface area contributed by atoms with E-state index < -0.39 is 0 Å². The number of hydrogen-bond donors (Lipinski definition) is 0. The Kier molecular flexibility index (Phi) is 3.32. The van der Waals surface area contributed by atoms with E-state index in [4.69, 9.17) is 0 Å². The van der Waals surface area contributed by atoms with E-state index in [-0.39, 0.29) is 17.0 Å². The van der Waals surface area contributed by atoms with Gasteiger partial charge in [0, 0.05) is 18.4 Å². The second kappa shape index (κ2) is 5.05. The number of carbonyl (C=O) groups is 2. The quantitative estimate of drug-likeness (QED) is 0.626. The van der Waals surface area contributed by atoms with Crippen LogP contribution in [-0.2, 0) is 9.59 Å². The topological polar surface area (TPSA) is 34.1 Å². The monoisotopic (exact) mass is 310 g/mol. The van der Waals surface area contributed by atoms with Gasteiger partial charge in [0.15, 0.2) is 11.6 Å². The summed E-state index contributed by atoms with van der Waals surface area (Å²) in [6.07, 6.45) is 7.27. The first-order chi connectivity index (χ1) is 11.0. The second-order valence-corrected chi connectivity index (χ2v) is 8.48. The van der Waals surface area contributed by atoms with Gasteiger partial charge in [-0.25, -0.2) is 0 Å². The maximum atomic E-state index is 12.8. The van der Waals surface area contributed by atoms with Crippen LogP contribution >= 0.6 is 0 Å². The van der Waals surface area contributed by atoms with Gasteiger partial charge in [0.1, 0.15) is 0 Å². The van der Waals surface area contributed by atoms with Crippen LogP contribution < -0.4 is 0 Å². The molecule has 4 unspecified atom stereocenters. The molecule has 3 saturated carbocycles. The molecule has 122 valence electrons. The van der Waals surface area contributed by atoms with Crippen LogP contribution in [0.1, 0.15) is 52.4 Å². The van der Waals surface area contributed by atoms with Crippen LogP contribution in [0.5, 0.6) is 0 Å². The van der Waals surface area contributed by atoms with Gasteiger partial charge in [0.25, 0.3) is 0 Å². The fraction of sp³-hybridized carbons (Fsp3) is 0.667. The molecule has 0 radical (unpaired) electrons. The molecule has 6 atom stereocenters. The average Bonchev–Trinajstić information content (AvgIpc) is 2.96. The predicted octanol–water partition coefficient (Wildman–Crippen LogP) is 4.26. The Morgan fingerprint density at radius 2 is 2.04 bits per heavy atom. The number of Topliss-reactive ketones (excluding diaryl/α,β-unsaturated/α-hetero) is 1. The summed E-state index contributed by atoms with van der Waals surface area (Å²) in [4.78, 5) is 24.6. The highest BCUT2D eigenvalue weighted by Gasteiger charge is 2.57. The van der Waals surface area contributed by atoms with Gasteiger partial charge >= 0.3 is 0 Å². The first-order valence-corrected chi connectivity index (χ1v) is 9.12. The van der Waals surface area contributed by atoms with Crippen LogP contribution in [0.15, 0.2) is 29.5 Å². The van der Waals surface area contributed by atoms with Crippen molar-refractivity contribution >= 4 is 11.6 Å². The highest BCUT2D eigenvalue weighted by Crippen LogP contribution is 2.62. The van der Waals surface area contributed by atoms with Crippen molar-refractivity contribution in [3.05, 3.63) is 29.5 Å². The Hall–Kier alpha value is -1.40. The smallest absolute Gasteiger partial charge is 0.159 e. The molecule has 0 heterocycles. The lowest BCUT2D eigenvalue weighted by Crippen LogP contribution is -2.51. The Labute approximate surface area is 138 Å².